The lowest BCUT2D eigenvalue weighted by molar-refractivity contribution is -0.142. The fourth-order valence-electron chi connectivity index (χ4n) is 7.39. The zero-order valence-electron chi connectivity index (χ0n) is 37.6. The van der Waals surface area contributed by atoms with Crippen LogP contribution in [0.3, 0.4) is 0 Å². The summed E-state index contributed by atoms with van der Waals surface area (Å²) < 4.78 is 12.1. The molecule has 1 aliphatic heterocycles. The predicted octanol–water partition coefficient (Wildman–Crippen LogP) is 2.91. The van der Waals surface area contributed by atoms with Crippen molar-refractivity contribution in [2.75, 3.05) is 39.9 Å². The van der Waals surface area contributed by atoms with Crippen LogP contribution in [0.5, 0.6) is 23.0 Å². The number of fused-ring (bicyclic) bond motifs is 5. The van der Waals surface area contributed by atoms with Gasteiger partial charge in [-0.05, 0) is 110 Å². The number of hydrogen-bond acceptors (Lipinski definition) is 13. The molecule has 18 heteroatoms. The number of rotatable bonds is 15. The van der Waals surface area contributed by atoms with Crippen LogP contribution in [0.25, 0.3) is 22.4 Å². The highest BCUT2D eigenvalue weighted by atomic mass is 16.5. The highest BCUT2D eigenvalue weighted by Gasteiger charge is 2.34. The zero-order chi connectivity index (χ0) is 47.7. The summed E-state index contributed by atoms with van der Waals surface area (Å²) in [4.78, 5) is 74.0. The molecule has 65 heavy (non-hydrogen) atoms. The first-order chi connectivity index (χ1) is 30.8. The molecule has 0 fully saturated rings. The summed E-state index contributed by atoms with van der Waals surface area (Å²) in [5.74, 6) is -4.48. The second-order valence-corrected chi connectivity index (χ2v) is 17.0. The molecule has 1 aliphatic rings. The first-order valence-corrected chi connectivity index (χ1v) is 21.4. The van der Waals surface area contributed by atoms with Gasteiger partial charge in [-0.2, -0.15) is 0 Å². The zero-order valence-corrected chi connectivity index (χ0v) is 37.6. The van der Waals surface area contributed by atoms with Crippen LogP contribution in [0.1, 0.15) is 84.9 Å². The van der Waals surface area contributed by atoms with E-state index < -0.39 is 54.3 Å². The van der Waals surface area contributed by atoms with Gasteiger partial charge in [0.2, 0.25) is 17.7 Å². The Bertz CT molecular complexity index is 2430. The van der Waals surface area contributed by atoms with Crippen molar-refractivity contribution in [1.82, 2.24) is 25.8 Å². The van der Waals surface area contributed by atoms with E-state index in [-0.39, 0.29) is 83.5 Å². The van der Waals surface area contributed by atoms with Crippen LogP contribution in [0.4, 0.5) is 0 Å². The number of carboxylic acids is 1. The van der Waals surface area contributed by atoms with E-state index in [0.29, 0.717) is 47.3 Å². The number of pyridine rings is 1. The Morgan fingerprint density at radius 3 is 2.17 bits per heavy atom. The highest BCUT2D eigenvalue weighted by molar-refractivity contribution is 6.00. The normalized spacial score (nSPS) is 16.4. The molecule has 3 atom stereocenters. The van der Waals surface area contributed by atoms with E-state index in [1.54, 1.807) is 43.3 Å². The molecule has 4 bridgehead atoms. The highest BCUT2D eigenvalue weighted by Crippen LogP contribution is 2.45. The van der Waals surface area contributed by atoms with E-state index in [9.17, 15) is 39.3 Å². The summed E-state index contributed by atoms with van der Waals surface area (Å²) >= 11 is 0. The topological polar surface area (TPSA) is 295 Å². The molecule has 0 saturated heterocycles. The molecular formula is C47H60N8O10. The second kappa shape index (κ2) is 21.3. The average Bonchev–Trinajstić information content (AvgIpc) is 3.25. The first kappa shape index (κ1) is 49.3. The van der Waals surface area contributed by atoms with Gasteiger partial charge in [-0.25, -0.2) is 4.79 Å². The summed E-state index contributed by atoms with van der Waals surface area (Å²) in [6.07, 6.45) is 0.735. The van der Waals surface area contributed by atoms with E-state index >= 15 is 0 Å². The summed E-state index contributed by atoms with van der Waals surface area (Å²) in [6.45, 7) is 9.26. The molecule has 1 aromatic heterocycles. The summed E-state index contributed by atoms with van der Waals surface area (Å²) in [6, 6.07) is 10.5. The minimum absolute atomic E-state index is 0.0132. The van der Waals surface area contributed by atoms with Crippen molar-refractivity contribution in [3.05, 3.63) is 88.1 Å². The number of carboxylic acid groups (broad SMARTS) is 1. The van der Waals surface area contributed by atoms with Crippen LogP contribution in [-0.4, -0.2) is 107 Å². The molecule has 18 nitrogen and oxygen atoms in total. The quantitative estimate of drug-likeness (QED) is 0.0776. The third kappa shape index (κ3) is 11.7. The van der Waals surface area contributed by atoms with Crippen LogP contribution < -0.4 is 42.6 Å². The molecule has 0 radical (unpaired) electrons. The van der Waals surface area contributed by atoms with Crippen molar-refractivity contribution in [2.45, 2.75) is 84.0 Å². The number of aryl methyl sites for hydroxylation is 1. The maximum Gasteiger partial charge on any atom is 0.326 e. The fraction of sp³-hybridized carbons (Fsp3) is 0.404. The number of aromatic hydroxyl groups is 2. The molecule has 12 N–H and O–H groups in total. The number of carbonyl (C=O) groups excluding carboxylic acids is 4. The first-order valence-electron chi connectivity index (χ1n) is 21.4. The molecule has 0 unspecified atom stereocenters. The van der Waals surface area contributed by atoms with Crippen molar-refractivity contribution < 1.29 is 48.8 Å². The molecule has 5 rings (SSSR count). The number of carbonyl (C=O) groups is 5. The number of phenolic OH excluding ortho intramolecular Hbond substituents is 2. The Hall–Kier alpha value is -6.76. The monoisotopic (exact) mass is 896 g/mol. The van der Waals surface area contributed by atoms with Gasteiger partial charge in [-0.15, -0.1) is 0 Å². The minimum atomic E-state index is -1.52. The molecule has 2 heterocycles. The maximum absolute atomic E-state index is 14.4. The molecule has 0 saturated carbocycles. The molecular weight excluding hydrogens is 837 g/mol. The lowest BCUT2D eigenvalue weighted by Gasteiger charge is -2.30. The van der Waals surface area contributed by atoms with Crippen LogP contribution in [0, 0.1) is 6.92 Å². The largest absolute Gasteiger partial charge is 0.507 e. The number of nitrogens with one attached hydrogen (secondary N) is 3. The van der Waals surface area contributed by atoms with Gasteiger partial charge in [0.05, 0.1) is 36.7 Å². The Balaban J connectivity index is 1.55. The number of nitrogens with two attached hydrogens (primary N) is 3. The van der Waals surface area contributed by atoms with Crippen molar-refractivity contribution in [2.24, 2.45) is 17.2 Å². The van der Waals surface area contributed by atoms with E-state index in [1.165, 1.54) is 26.1 Å². The van der Waals surface area contributed by atoms with Gasteiger partial charge in [-0.1, -0.05) is 32.9 Å². The van der Waals surface area contributed by atoms with Gasteiger partial charge in [-0.3, -0.25) is 24.2 Å². The Morgan fingerprint density at radius 2 is 1.55 bits per heavy atom. The molecule has 0 aliphatic carbocycles. The maximum atomic E-state index is 14.4. The number of benzene rings is 3. The van der Waals surface area contributed by atoms with Crippen LogP contribution >= 0.6 is 0 Å². The van der Waals surface area contributed by atoms with Gasteiger partial charge < -0.3 is 62.8 Å². The van der Waals surface area contributed by atoms with Gasteiger partial charge in [0.25, 0.3) is 5.91 Å². The van der Waals surface area contributed by atoms with Crippen LogP contribution in [0.2, 0.25) is 0 Å². The molecule has 348 valence electrons. The standard InChI is InChI=1S/C47H60N8O10/c1-25-40(29(23-50)20-34(52-25)31-11-10-30(22-36(31)56)47(3,4)5)44(60)51-24-39(57)55(6)41-28-19-33(42(58)38(21-28)65-16-8-14-49)32-17-27(9-12-37(32)64-15-7-13-48)18-35(46(62)63)54-43(59)26(2)53-45(41)61/h9-12,17,19-22,26,35,41,56,58H,7-8,13-16,18,23-24,48-50H2,1-6H3,(H,51,60)(H,53,61)(H,54,59)(H,62,63)/t26-,35-,41-/m0/s1. The van der Waals surface area contributed by atoms with E-state index in [0.717, 1.165) is 10.5 Å². The lowest BCUT2D eigenvalue weighted by Crippen LogP contribution is -2.53. The second-order valence-electron chi connectivity index (χ2n) is 17.0. The predicted molar refractivity (Wildman–Crippen MR) is 243 cm³/mol. The Labute approximate surface area is 377 Å². The van der Waals surface area contributed by atoms with Crippen molar-refractivity contribution in [3.8, 4) is 45.4 Å². The molecule has 0 spiro atoms. The molecule has 4 aromatic rings. The smallest absolute Gasteiger partial charge is 0.326 e. The average molecular weight is 897 g/mol. The van der Waals surface area contributed by atoms with E-state index in [2.05, 4.69) is 20.9 Å². The number of amides is 4. The number of aromatic nitrogens is 1. The van der Waals surface area contributed by atoms with Gasteiger partial charge >= 0.3 is 5.97 Å². The summed E-state index contributed by atoms with van der Waals surface area (Å²) in [5, 5.41) is 40.6. The summed E-state index contributed by atoms with van der Waals surface area (Å²) in [5.41, 5.74) is 21.0. The molecule has 3 aromatic carbocycles. The number of likely N-dealkylation sites (N-methyl/N-ethyl adjacent to an activating group) is 1. The minimum Gasteiger partial charge on any atom is -0.507 e. The summed E-state index contributed by atoms with van der Waals surface area (Å²) in [7, 11) is 1.33. The number of nitrogens with zero attached hydrogens (tertiary/aromatic N) is 2. The van der Waals surface area contributed by atoms with Crippen molar-refractivity contribution in [1.29, 1.82) is 0 Å². The van der Waals surface area contributed by atoms with Gasteiger partial charge in [0.15, 0.2) is 11.5 Å². The van der Waals surface area contributed by atoms with Crippen LogP contribution in [0.15, 0.2) is 54.6 Å². The Morgan fingerprint density at radius 1 is 0.877 bits per heavy atom. The number of hydrogen-bond donors (Lipinski definition) is 9. The Kier molecular flexibility index (Phi) is 16.1. The van der Waals surface area contributed by atoms with Gasteiger partial charge in [0.1, 0.15) is 29.6 Å². The van der Waals surface area contributed by atoms with E-state index in [4.69, 9.17) is 26.7 Å². The van der Waals surface area contributed by atoms with E-state index in [1.807, 2.05) is 26.8 Å². The number of aliphatic carboxylic acids is 1. The van der Waals surface area contributed by atoms with Gasteiger partial charge in [0, 0.05) is 36.7 Å². The third-order valence-corrected chi connectivity index (χ3v) is 11.1. The molecule has 4 amide bonds. The number of phenols is 2. The third-order valence-electron chi connectivity index (χ3n) is 11.1. The van der Waals surface area contributed by atoms with Crippen molar-refractivity contribution >= 4 is 29.6 Å². The lowest BCUT2D eigenvalue weighted by atomic mass is 9.86. The van der Waals surface area contributed by atoms with Crippen molar-refractivity contribution in [3.63, 3.8) is 0 Å². The van der Waals surface area contributed by atoms with Crippen LogP contribution in [-0.2, 0) is 37.6 Å². The SMILES string of the molecule is Cc1nc(-c2ccc(C(C)(C)C)cc2O)cc(CN)c1C(=O)NCC(=O)N(C)[C@@H]1C(=O)N[C@@H](C)C(=O)N[C@H](C(=O)O)Cc2ccc(OCCCN)c(c2)-c2cc1cc(OCCCN)c2O. The fourth-order valence-corrected chi connectivity index (χ4v) is 7.39. The number of ether oxygens (including phenoxy) is 2.